The molecule has 0 saturated carbocycles. The summed E-state index contributed by atoms with van der Waals surface area (Å²) in [5.41, 5.74) is 1.56. The second kappa shape index (κ2) is 4.85. The Labute approximate surface area is 72.5 Å². The van der Waals surface area contributed by atoms with Crippen LogP contribution >= 0.6 is 12.2 Å². The first-order valence-electron chi connectivity index (χ1n) is 3.62. The molecule has 1 N–H and O–H groups in total. The SMILES string of the molecule is S=CNCC1C=CC=CC=C1. The van der Waals surface area contributed by atoms with Crippen molar-refractivity contribution in [3.05, 3.63) is 36.5 Å². The molecule has 58 valence electrons. The summed E-state index contributed by atoms with van der Waals surface area (Å²) >= 11 is 4.65. The molecular formula is C9H11NS. The molecule has 0 aromatic heterocycles. The molecule has 11 heavy (non-hydrogen) atoms. The second-order valence-corrected chi connectivity index (χ2v) is 2.58. The van der Waals surface area contributed by atoms with E-state index in [1.807, 2.05) is 12.2 Å². The molecule has 0 saturated heterocycles. The van der Waals surface area contributed by atoms with Gasteiger partial charge in [-0.15, -0.1) is 0 Å². The molecule has 0 aliphatic heterocycles. The highest BCUT2D eigenvalue weighted by atomic mass is 32.1. The molecule has 1 aliphatic carbocycles. The molecule has 0 aromatic rings. The first-order valence-corrected chi connectivity index (χ1v) is 4.09. The Bertz CT molecular complexity index is 188. The van der Waals surface area contributed by atoms with Crippen LogP contribution in [0.15, 0.2) is 36.5 Å². The molecule has 0 atom stereocenters. The van der Waals surface area contributed by atoms with E-state index in [0.717, 1.165) is 6.54 Å². The maximum Gasteiger partial charge on any atom is 0.0615 e. The van der Waals surface area contributed by atoms with Gasteiger partial charge in [-0.25, -0.2) is 0 Å². The Hall–Kier alpha value is -0.890. The first-order chi connectivity index (χ1) is 5.43. The van der Waals surface area contributed by atoms with Gasteiger partial charge in [0.15, 0.2) is 0 Å². The smallest absolute Gasteiger partial charge is 0.0615 e. The Morgan fingerprint density at radius 2 is 1.82 bits per heavy atom. The summed E-state index contributed by atoms with van der Waals surface area (Å²) in [6, 6.07) is 0. The number of nitrogens with one attached hydrogen (secondary N) is 1. The molecule has 0 heterocycles. The van der Waals surface area contributed by atoms with Crippen LogP contribution in [0.5, 0.6) is 0 Å². The van der Waals surface area contributed by atoms with Gasteiger partial charge in [0.05, 0.1) is 5.49 Å². The highest BCUT2D eigenvalue weighted by molar-refractivity contribution is 7.78. The topological polar surface area (TPSA) is 12.0 Å². The fraction of sp³-hybridized carbons (Fsp3) is 0.222. The molecule has 0 spiro atoms. The standard InChI is InChI=1S/C9H11NS/c11-8-10-7-9-5-3-1-2-4-6-9/h1-6,8-9H,7H2,(H,10,11). The van der Waals surface area contributed by atoms with Crippen molar-refractivity contribution < 1.29 is 0 Å². The van der Waals surface area contributed by atoms with Gasteiger partial charge in [0.1, 0.15) is 0 Å². The molecule has 1 nitrogen and oxygen atoms in total. The van der Waals surface area contributed by atoms with Crippen molar-refractivity contribution in [1.29, 1.82) is 0 Å². The molecule has 1 aliphatic rings. The summed E-state index contributed by atoms with van der Waals surface area (Å²) in [5, 5.41) is 3.01. The molecule has 2 heteroatoms. The lowest BCUT2D eigenvalue weighted by Crippen LogP contribution is -2.17. The van der Waals surface area contributed by atoms with Crippen LogP contribution in [0.1, 0.15) is 0 Å². The molecule has 1 rings (SSSR count). The summed E-state index contributed by atoms with van der Waals surface area (Å²) < 4.78 is 0. The van der Waals surface area contributed by atoms with Gasteiger partial charge in [-0.05, 0) is 0 Å². The minimum Gasteiger partial charge on any atom is -0.381 e. The van der Waals surface area contributed by atoms with E-state index in [4.69, 9.17) is 0 Å². The Morgan fingerprint density at radius 3 is 2.36 bits per heavy atom. The van der Waals surface area contributed by atoms with Crippen molar-refractivity contribution in [2.24, 2.45) is 5.92 Å². The van der Waals surface area contributed by atoms with Gasteiger partial charge >= 0.3 is 0 Å². The van der Waals surface area contributed by atoms with Gasteiger partial charge in [-0.2, -0.15) is 0 Å². The minimum atomic E-state index is 0.462. The lowest BCUT2D eigenvalue weighted by Gasteiger charge is -2.04. The lowest BCUT2D eigenvalue weighted by molar-refractivity contribution is 0.765. The van der Waals surface area contributed by atoms with Crippen molar-refractivity contribution >= 4 is 17.7 Å². The average Bonchev–Trinajstić information content (AvgIpc) is 2.28. The number of hydrogen-bond acceptors (Lipinski definition) is 1. The fourth-order valence-corrected chi connectivity index (χ4v) is 1.02. The third-order valence-corrected chi connectivity index (χ3v) is 1.65. The van der Waals surface area contributed by atoms with Crippen LogP contribution in [0.4, 0.5) is 0 Å². The van der Waals surface area contributed by atoms with Crippen LogP contribution < -0.4 is 5.32 Å². The zero-order valence-electron chi connectivity index (χ0n) is 6.23. The Balaban J connectivity index is 2.40. The van der Waals surface area contributed by atoms with Gasteiger partial charge in [0.2, 0.25) is 0 Å². The predicted molar refractivity (Wildman–Crippen MR) is 52.6 cm³/mol. The zero-order valence-corrected chi connectivity index (χ0v) is 7.05. The predicted octanol–water partition coefficient (Wildman–Crippen LogP) is 1.83. The average molecular weight is 165 g/mol. The van der Waals surface area contributed by atoms with E-state index in [2.05, 4.69) is 41.8 Å². The Morgan fingerprint density at radius 1 is 1.18 bits per heavy atom. The maximum atomic E-state index is 4.65. The molecule has 0 fully saturated rings. The fourth-order valence-electron chi connectivity index (χ4n) is 0.926. The van der Waals surface area contributed by atoms with Crippen LogP contribution in [0, 0.1) is 5.92 Å². The molecule has 0 unspecified atom stereocenters. The highest BCUT2D eigenvalue weighted by Crippen LogP contribution is 2.03. The van der Waals surface area contributed by atoms with E-state index in [1.165, 1.54) is 0 Å². The monoisotopic (exact) mass is 165 g/mol. The second-order valence-electron chi connectivity index (χ2n) is 2.34. The minimum absolute atomic E-state index is 0.462. The number of allylic oxidation sites excluding steroid dienone is 4. The molecule has 0 bridgehead atoms. The summed E-state index contributed by atoms with van der Waals surface area (Å²) in [5.74, 6) is 0.462. The summed E-state index contributed by atoms with van der Waals surface area (Å²) in [4.78, 5) is 0. The van der Waals surface area contributed by atoms with E-state index in [9.17, 15) is 0 Å². The summed E-state index contributed by atoms with van der Waals surface area (Å²) in [7, 11) is 0. The van der Waals surface area contributed by atoms with Crippen molar-refractivity contribution in [3.63, 3.8) is 0 Å². The van der Waals surface area contributed by atoms with Gasteiger partial charge in [-0.1, -0.05) is 48.7 Å². The van der Waals surface area contributed by atoms with Crippen LogP contribution in [-0.4, -0.2) is 12.0 Å². The summed E-state index contributed by atoms with van der Waals surface area (Å²) in [6.45, 7) is 0.887. The highest BCUT2D eigenvalue weighted by Gasteiger charge is 1.97. The van der Waals surface area contributed by atoms with E-state index < -0.39 is 0 Å². The Kier molecular flexibility index (Phi) is 3.62. The van der Waals surface area contributed by atoms with Crippen LogP contribution in [0.25, 0.3) is 0 Å². The van der Waals surface area contributed by atoms with Gasteiger partial charge in [-0.3, -0.25) is 0 Å². The quantitative estimate of drug-likeness (QED) is 0.640. The third kappa shape index (κ3) is 3.14. The van der Waals surface area contributed by atoms with Crippen LogP contribution in [0.2, 0.25) is 0 Å². The van der Waals surface area contributed by atoms with E-state index in [1.54, 1.807) is 5.49 Å². The van der Waals surface area contributed by atoms with E-state index >= 15 is 0 Å². The molecule has 0 radical (unpaired) electrons. The zero-order chi connectivity index (χ0) is 7.94. The van der Waals surface area contributed by atoms with Gasteiger partial charge in [0, 0.05) is 12.5 Å². The molecular weight excluding hydrogens is 154 g/mol. The van der Waals surface area contributed by atoms with Gasteiger partial charge < -0.3 is 5.32 Å². The van der Waals surface area contributed by atoms with Crippen LogP contribution in [-0.2, 0) is 0 Å². The number of thiocarbonyl (C=S) groups is 1. The van der Waals surface area contributed by atoms with Crippen molar-refractivity contribution in [1.82, 2.24) is 5.32 Å². The van der Waals surface area contributed by atoms with E-state index in [0.29, 0.717) is 5.92 Å². The number of hydrogen-bond donors (Lipinski definition) is 1. The largest absolute Gasteiger partial charge is 0.381 e. The number of rotatable bonds is 3. The summed E-state index contributed by atoms with van der Waals surface area (Å²) in [6.07, 6.45) is 12.4. The van der Waals surface area contributed by atoms with Crippen molar-refractivity contribution in [2.45, 2.75) is 0 Å². The van der Waals surface area contributed by atoms with Crippen LogP contribution in [0.3, 0.4) is 0 Å². The van der Waals surface area contributed by atoms with Crippen molar-refractivity contribution in [3.8, 4) is 0 Å². The maximum absolute atomic E-state index is 4.65. The van der Waals surface area contributed by atoms with Gasteiger partial charge in [0.25, 0.3) is 0 Å². The normalized spacial score (nSPS) is 16.4. The molecule has 0 amide bonds. The third-order valence-electron chi connectivity index (χ3n) is 1.49. The lowest BCUT2D eigenvalue weighted by atomic mass is 10.1. The van der Waals surface area contributed by atoms with Crippen molar-refractivity contribution in [2.75, 3.05) is 6.54 Å². The van der Waals surface area contributed by atoms with E-state index in [-0.39, 0.29) is 0 Å². The first kappa shape index (κ1) is 8.21. The molecule has 0 aromatic carbocycles.